The molecular weight excluding hydrogens is 427 g/mol. The maximum atomic E-state index is 13.0. The fourth-order valence-corrected chi connectivity index (χ4v) is 3.05. The van der Waals surface area contributed by atoms with Crippen molar-refractivity contribution in [3.05, 3.63) is 88.4 Å². The topological polar surface area (TPSA) is 73.0 Å². The first-order valence-electron chi connectivity index (χ1n) is 8.39. The Bertz CT molecular complexity index is 1110. The minimum absolute atomic E-state index is 0.152. The van der Waals surface area contributed by atoms with Gasteiger partial charge in [-0.25, -0.2) is 4.39 Å². The Labute approximate surface area is 168 Å². The van der Waals surface area contributed by atoms with Gasteiger partial charge in [-0.15, -0.1) is 0 Å². The van der Waals surface area contributed by atoms with Crippen LogP contribution in [0.25, 0.3) is 11.3 Å². The molecule has 8 heteroatoms. The molecule has 2 aromatic carbocycles. The van der Waals surface area contributed by atoms with Gasteiger partial charge in [0.25, 0.3) is 5.91 Å². The number of benzene rings is 2. The van der Waals surface area contributed by atoms with Gasteiger partial charge in [0.1, 0.15) is 5.82 Å². The van der Waals surface area contributed by atoms with Crippen LogP contribution in [-0.2, 0) is 6.54 Å². The van der Waals surface area contributed by atoms with Gasteiger partial charge in [-0.05, 0) is 33.6 Å². The predicted molar refractivity (Wildman–Crippen MR) is 105 cm³/mol. The molecule has 4 rings (SSSR count). The number of nitrogens with zero attached hydrogens (tertiary/aromatic N) is 3. The molecule has 0 aliphatic carbocycles. The highest BCUT2D eigenvalue weighted by Crippen LogP contribution is 2.23. The van der Waals surface area contributed by atoms with E-state index in [0.717, 1.165) is 11.1 Å². The van der Waals surface area contributed by atoms with Gasteiger partial charge >= 0.3 is 0 Å². The third kappa shape index (κ3) is 4.01. The second kappa shape index (κ2) is 7.77. The molecule has 0 saturated carbocycles. The van der Waals surface area contributed by atoms with E-state index in [9.17, 15) is 9.18 Å². The lowest BCUT2D eigenvalue weighted by atomic mass is 10.1. The van der Waals surface area contributed by atoms with Crippen molar-refractivity contribution in [1.82, 2.24) is 14.9 Å². The second-order valence-corrected chi connectivity index (χ2v) is 6.90. The SMILES string of the molecule is O=C(Nc1nn(Cc2ccc(F)cc2)cc1Br)c1cc(-c2ccccc2)on1. The lowest BCUT2D eigenvalue weighted by Gasteiger charge is -2.02. The van der Waals surface area contributed by atoms with Crippen molar-refractivity contribution >= 4 is 27.7 Å². The minimum Gasteiger partial charge on any atom is -0.355 e. The Hall–Kier alpha value is -3.26. The molecule has 28 heavy (non-hydrogen) atoms. The molecule has 2 aromatic heterocycles. The lowest BCUT2D eigenvalue weighted by molar-refractivity contribution is 0.101. The molecule has 0 radical (unpaired) electrons. The van der Waals surface area contributed by atoms with Crippen molar-refractivity contribution in [2.45, 2.75) is 6.54 Å². The highest BCUT2D eigenvalue weighted by Gasteiger charge is 2.17. The van der Waals surface area contributed by atoms with E-state index in [0.29, 0.717) is 22.6 Å². The Morgan fingerprint density at radius 1 is 1.14 bits per heavy atom. The van der Waals surface area contributed by atoms with Gasteiger partial charge in [0.15, 0.2) is 17.3 Å². The average Bonchev–Trinajstić information content (AvgIpc) is 3.32. The maximum Gasteiger partial charge on any atom is 0.279 e. The van der Waals surface area contributed by atoms with Crippen molar-refractivity contribution < 1.29 is 13.7 Å². The lowest BCUT2D eigenvalue weighted by Crippen LogP contribution is -2.13. The first-order chi connectivity index (χ1) is 13.6. The molecule has 0 aliphatic rings. The minimum atomic E-state index is -0.432. The summed E-state index contributed by atoms with van der Waals surface area (Å²) in [5.41, 5.74) is 1.87. The molecule has 6 nitrogen and oxygen atoms in total. The van der Waals surface area contributed by atoms with E-state index in [4.69, 9.17) is 4.52 Å². The number of halogens is 2. The number of amides is 1. The van der Waals surface area contributed by atoms with Gasteiger partial charge in [-0.2, -0.15) is 5.10 Å². The summed E-state index contributed by atoms with van der Waals surface area (Å²) < 4.78 is 20.5. The van der Waals surface area contributed by atoms with Crippen LogP contribution in [0.4, 0.5) is 10.2 Å². The molecule has 0 atom stereocenters. The van der Waals surface area contributed by atoms with E-state index >= 15 is 0 Å². The van der Waals surface area contributed by atoms with E-state index in [1.807, 2.05) is 30.3 Å². The van der Waals surface area contributed by atoms with Gasteiger partial charge in [0.05, 0.1) is 11.0 Å². The fraction of sp³-hybridized carbons (Fsp3) is 0.0500. The zero-order valence-electron chi connectivity index (χ0n) is 14.5. The van der Waals surface area contributed by atoms with Gasteiger partial charge in [0.2, 0.25) is 0 Å². The molecule has 0 saturated heterocycles. The number of hydrogen-bond donors (Lipinski definition) is 1. The summed E-state index contributed by atoms with van der Waals surface area (Å²) in [4.78, 5) is 12.5. The summed E-state index contributed by atoms with van der Waals surface area (Å²) in [5, 5.41) is 10.9. The van der Waals surface area contributed by atoms with Crippen LogP contribution < -0.4 is 5.32 Å². The van der Waals surface area contributed by atoms with E-state index in [-0.39, 0.29) is 11.5 Å². The summed E-state index contributed by atoms with van der Waals surface area (Å²) in [6.45, 7) is 0.441. The average molecular weight is 441 g/mol. The molecule has 0 unspecified atom stereocenters. The molecule has 4 aromatic rings. The van der Waals surface area contributed by atoms with E-state index < -0.39 is 5.91 Å². The number of carbonyl (C=O) groups is 1. The van der Waals surface area contributed by atoms with Crippen LogP contribution in [-0.4, -0.2) is 20.8 Å². The largest absolute Gasteiger partial charge is 0.355 e. The van der Waals surface area contributed by atoms with Crippen molar-refractivity contribution in [3.63, 3.8) is 0 Å². The van der Waals surface area contributed by atoms with Crippen LogP contribution in [0.1, 0.15) is 16.1 Å². The van der Waals surface area contributed by atoms with E-state index in [1.54, 1.807) is 29.1 Å². The Balaban J connectivity index is 1.47. The summed E-state index contributed by atoms with van der Waals surface area (Å²) in [6.07, 6.45) is 1.73. The highest BCUT2D eigenvalue weighted by atomic mass is 79.9. The zero-order valence-corrected chi connectivity index (χ0v) is 16.1. The van der Waals surface area contributed by atoms with Crippen molar-refractivity contribution in [1.29, 1.82) is 0 Å². The van der Waals surface area contributed by atoms with Crippen LogP contribution in [0.3, 0.4) is 0 Å². The molecule has 2 heterocycles. The van der Waals surface area contributed by atoms with Crippen molar-refractivity contribution in [2.24, 2.45) is 0 Å². The molecule has 1 amide bonds. The van der Waals surface area contributed by atoms with Crippen LogP contribution in [0.15, 0.2) is 75.9 Å². The number of anilines is 1. The third-order valence-corrected chi connectivity index (χ3v) is 4.59. The molecule has 0 fully saturated rings. The molecule has 140 valence electrons. The van der Waals surface area contributed by atoms with Crippen molar-refractivity contribution in [2.75, 3.05) is 5.32 Å². The normalized spacial score (nSPS) is 10.8. The maximum absolute atomic E-state index is 13.0. The number of carbonyl (C=O) groups excluding carboxylic acids is 1. The second-order valence-electron chi connectivity index (χ2n) is 6.05. The molecule has 0 spiro atoms. The number of rotatable bonds is 5. The van der Waals surface area contributed by atoms with Gasteiger partial charge < -0.3 is 9.84 Å². The smallest absolute Gasteiger partial charge is 0.279 e. The Morgan fingerprint density at radius 2 is 1.89 bits per heavy atom. The van der Waals surface area contributed by atoms with E-state index in [1.165, 1.54) is 12.1 Å². The van der Waals surface area contributed by atoms with Gasteiger partial charge in [-0.1, -0.05) is 47.6 Å². The number of nitrogens with one attached hydrogen (secondary N) is 1. The number of hydrogen-bond acceptors (Lipinski definition) is 4. The molecular formula is C20H14BrFN4O2. The highest BCUT2D eigenvalue weighted by molar-refractivity contribution is 9.10. The van der Waals surface area contributed by atoms with Gasteiger partial charge in [-0.3, -0.25) is 9.48 Å². The Kier molecular flexibility index (Phi) is 5.03. The zero-order chi connectivity index (χ0) is 19.5. The first kappa shape index (κ1) is 18.1. The summed E-state index contributed by atoms with van der Waals surface area (Å²) in [7, 11) is 0. The van der Waals surface area contributed by atoms with Gasteiger partial charge in [0, 0.05) is 17.8 Å². The molecule has 0 aliphatic heterocycles. The van der Waals surface area contributed by atoms with Crippen LogP contribution in [0.5, 0.6) is 0 Å². The fourth-order valence-electron chi connectivity index (χ4n) is 2.63. The quantitative estimate of drug-likeness (QED) is 0.486. The summed E-state index contributed by atoms with van der Waals surface area (Å²) >= 11 is 3.38. The summed E-state index contributed by atoms with van der Waals surface area (Å²) in [5.74, 6) is 0.141. The van der Waals surface area contributed by atoms with Crippen LogP contribution in [0.2, 0.25) is 0 Å². The molecule has 0 bridgehead atoms. The monoisotopic (exact) mass is 440 g/mol. The summed E-state index contributed by atoms with van der Waals surface area (Å²) in [6, 6.07) is 17.1. The van der Waals surface area contributed by atoms with E-state index in [2.05, 4.69) is 31.5 Å². The first-order valence-corrected chi connectivity index (χ1v) is 9.19. The number of aromatic nitrogens is 3. The van der Waals surface area contributed by atoms with Crippen LogP contribution in [0, 0.1) is 5.82 Å². The Morgan fingerprint density at radius 3 is 2.64 bits per heavy atom. The standard InChI is InChI=1S/C20H14BrFN4O2/c21-16-12-26(11-13-6-8-15(22)9-7-13)24-19(16)23-20(27)17-10-18(28-25-17)14-4-2-1-3-5-14/h1-10,12H,11H2,(H,23,24,27). The predicted octanol–water partition coefficient (Wildman–Crippen LogP) is 4.74. The molecule has 1 N–H and O–H groups in total. The van der Waals surface area contributed by atoms with Crippen molar-refractivity contribution in [3.8, 4) is 11.3 Å². The van der Waals surface area contributed by atoms with Crippen LogP contribution >= 0.6 is 15.9 Å². The third-order valence-electron chi connectivity index (χ3n) is 4.01.